The Labute approximate surface area is 74.8 Å². The third kappa shape index (κ3) is 1.21. The minimum Gasteiger partial charge on any atom is -0.385 e. The van der Waals surface area contributed by atoms with E-state index in [9.17, 15) is 9.50 Å². The molecule has 0 amide bonds. The quantitative estimate of drug-likeness (QED) is 0.715. The molecule has 0 radical (unpaired) electrons. The minimum absolute atomic E-state index is 0.352. The van der Waals surface area contributed by atoms with E-state index in [1.165, 1.54) is 18.2 Å². The first-order valence-corrected chi connectivity index (χ1v) is 4.17. The molecular weight excluding hydrogens is 179 g/mol. The first-order chi connectivity index (χ1) is 5.62. The molecule has 1 aromatic rings. The Hall–Kier alpha value is -0.600. The van der Waals surface area contributed by atoms with Crippen LogP contribution < -0.4 is 0 Å². The molecule has 0 aromatic heterocycles. The van der Waals surface area contributed by atoms with Gasteiger partial charge in [-0.2, -0.15) is 0 Å². The van der Waals surface area contributed by atoms with Crippen LogP contribution in [0.5, 0.6) is 0 Å². The van der Waals surface area contributed by atoms with Crippen molar-refractivity contribution in [2.24, 2.45) is 0 Å². The van der Waals surface area contributed by atoms with Crippen LogP contribution >= 0.6 is 11.6 Å². The van der Waals surface area contributed by atoms with E-state index in [1.54, 1.807) is 0 Å². The van der Waals surface area contributed by atoms with Gasteiger partial charge >= 0.3 is 0 Å². The molecule has 0 bridgehead atoms. The summed E-state index contributed by atoms with van der Waals surface area (Å²) in [5.41, 5.74) is -0.330. The van der Waals surface area contributed by atoms with E-state index in [0.717, 1.165) is 0 Å². The van der Waals surface area contributed by atoms with Crippen molar-refractivity contribution in [2.75, 3.05) is 0 Å². The van der Waals surface area contributed by atoms with Crippen LogP contribution in [0.1, 0.15) is 18.4 Å². The Morgan fingerprint density at radius 3 is 2.67 bits per heavy atom. The topological polar surface area (TPSA) is 20.2 Å². The van der Waals surface area contributed by atoms with E-state index in [0.29, 0.717) is 23.4 Å². The molecule has 1 fully saturated rings. The van der Waals surface area contributed by atoms with Gasteiger partial charge in [0.25, 0.3) is 0 Å². The van der Waals surface area contributed by atoms with Crippen molar-refractivity contribution in [3.05, 3.63) is 34.6 Å². The van der Waals surface area contributed by atoms with Gasteiger partial charge in [0.2, 0.25) is 0 Å². The maximum Gasteiger partial charge on any atom is 0.123 e. The van der Waals surface area contributed by atoms with Crippen LogP contribution in [-0.2, 0) is 5.60 Å². The largest absolute Gasteiger partial charge is 0.385 e. The second-order valence-corrected chi connectivity index (χ2v) is 3.56. The molecule has 1 aliphatic carbocycles. The van der Waals surface area contributed by atoms with Crippen LogP contribution in [0.3, 0.4) is 0 Å². The van der Waals surface area contributed by atoms with Gasteiger partial charge in [0.15, 0.2) is 0 Å². The highest BCUT2D eigenvalue weighted by molar-refractivity contribution is 6.31. The van der Waals surface area contributed by atoms with Crippen LogP contribution in [0.2, 0.25) is 5.02 Å². The Morgan fingerprint density at radius 1 is 1.42 bits per heavy atom. The molecule has 64 valence electrons. The fourth-order valence-electron chi connectivity index (χ4n) is 1.24. The molecule has 1 aromatic carbocycles. The molecule has 2 rings (SSSR count). The smallest absolute Gasteiger partial charge is 0.123 e. The Kier molecular flexibility index (Phi) is 1.63. The summed E-state index contributed by atoms with van der Waals surface area (Å²) in [6.07, 6.45) is 1.35. The highest BCUT2D eigenvalue weighted by atomic mass is 35.5. The summed E-state index contributed by atoms with van der Waals surface area (Å²) in [4.78, 5) is 0. The van der Waals surface area contributed by atoms with Crippen molar-refractivity contribution in [3.8, 4) is 0 Å². The monoisotopic (exact) mass is 186 g/mol. The van der Waals surface area contributed by atoms with E-state index in [1.807, 2.05) is 0 Å². The van der Waals surface area contributed by atoms with E-state index in [2.05, 4.69) is 0 Å². The molecule has 1 N–H and O–H groups in total. The van der Waals surface area contributed by atoms with E-state index >= 15 is 0 Å². The molecule has 0 heterocycles. The lowest BCUT2D eigenvalue weighted by molar-refractivity contribution is 0.151. The molecule has 1 nitrogen and oxygen atoms in total. The van der Waals surface area contributed by atoms with Gasteiger partial charge in [0.1, 0.15) is 5.82 Å². The second kappa shape index (κ2) is 2.44. The highest BCUT2D eigenvalue weighted by Gasteiger charge is 2.43. The summed E-state index contributed by atoms with van der Waals surface area (Å²) in [7, 11) is 0. The first-order valence-electron chi connectivity index (χ1n) is 3.80. The number of rotatable bonds is 1. The molecular formula is C9H8ClFO. The predicted molar refractivity (Wildman–Crippen MR) is 44.5 cm³/mol. The molecule has 0 spiro atoms. The highest BCUT2D eigenvalue weighted by Crippen LogP contribution is 2.47. The standard InChI is InChI=1S/C9H8ClFO/c10-8-2-1-6(11)5-7(8)9(12)3-4-9/h1-2,5,12H,3-4H2. The average molecular weight is 187 g/mol. The lowest BCUT2D eigenvalue weighted by Crippen LogP contribution is -2.05. The third-order valence-electron chi connectivity index (χ3n) is 2.15. The number of hydrogen-bond acceptors (Lipinski definition) is 1. The van der Waals surface area contributed by atoms with Crippen LogP contribution in [0.4, 0.5) is 4.39 Å². The van der Waals surface area contributed by atoms with E-state index in [4.69, 9.17) is 11.6 Å². The van der Waals surface area contributed by atoms with Crippen molar-refractivity contribution in [3.63, 3.8) is 0 Å². The van der Waals surface area contributed by atoms with Gasteiger partial charge in [-0.05, 0) is 31.0 Å². The van der Waals surface area contributed by atoms with Gasteiger partial charge in [0, 0.05) is 10.6 Å². The van der Waals surface area contributed by atoms with Crippen LogP contribution in [-0.4, -0.2) is 5.11 Å². The maximum atomic E-state index is 12.7. The minimum atomic E-state index is -0.848. The van der Waals surface area contributed by atoms with Crippen molar-refractivity contribution in [1.82, 2.24) is 0 Å². The maximum absolute atomic E-state index is 12.7. The van der Waals surface area contributed by atoms with Crippen LogP contribution in [0.15, 0.2) is 18.2 Å². The van der Waals surface area contributed by atoms with Crippen molar-refractivity contribution < 1.29 is 9.50 Å². The summed E-state index contributed by atoms with van der Waals surface area (Å²) in [6.45, 7) is 0. The third-order valence-corrected chi connectivity index (χ3v) is 2.48. The van der Waals surface area contributed by atoms with E-state index in [-0.39, 0.29) is 5.82 Å². The summed E-state index contributed by atoms with van der Waals surface area (Å²) in [5.74, 6) is -0.352. The zero-order valence-electron chi connectivity index (χ0n) is 6.35. The molecule has 0 saturated heterocycles. The molecule has 0 aliphatic heterocycles. The summed E-state index contributed by atoms with van der Waals surface area (Å²) < 4.78 is 12.7. The average Bonchev–Trinajstić information content (AvgIpc) is 2.75. The normalized spacial score (nSPS) is 19.2. The number of halogens is 2. The van der Waals surface area contributed by atoms with Gasteiger partial charge in [0.05, 0.1) is 5.60 Å². The van der Waals surface area contributed by atoms with Crippen molar-refractivity contribution in [1.29, 1.82) is 0 Å². The fraction of sp³-hybridized carbons (Fsp3) is 0.333. The zero-order chi connectivity index (χ0) is 8.77. The summed E-state index contributed by atoms with van der Waals surface area (Å²) in [5, 5.41) is 10.1. The number of hydrogen-bond donors (Lipinski definition) is 1. The Bertz CT molecular complexity index is 320. The van der Waals surface area contributed by atoms with Gasteiger partial charge in [-0.1, -0.05) is 11.6 Å². The van der Waals surface area contributed by atoms with Gasteiger partial charge in [-0.15, -0.1) is 0 Å². The zero-order valence-corrected chi connectivity index (χ0v) is 7.11. The molecule has 1 aliphatic rings. The van der Waals surface area contributed by atoms with Crippen LogP contribution in [0, 0.1) is 5.82 Å². The molecule has 0 atom stereocenters. The molecule has 3 heteroatoms. The van der Waals surface area contributed by atoms with Crippen molar-refractivity contribution >= 4 is 11.6 Å². The first kappa shape index (κ1) is 8.02. The number of aliphatic hydroxyl groups is 1. The number of benzene rings is 1. The van der Waals surface area contributed by atoms with Crippen molar-refractivity contribution in [2.45, 2.75) is 18.4 Å². The van der Waals surface area contributed by atoms with Crippen LogP contribution in [0.25, 0.3) is 0 Å². The SMILES string of the molecule is OC1(c2cc(F)ccc2Cl)CC1. The lowest BCUT2D eigenvalue weighted by atomic mass is 10.1. The lowest BCUT2D eigenvalue weighted by Gasteiger charge is -2.09. The van der Waals surface area contributed by atoms with E-state index < -0.39 is 5.60 Å². The van der Waals surface area contributed by atoms with Gasteiger partial charge in [-0.25, -0.2) is 4.39 Å². The van der Waals surface area contributed by atoms with Gasteiger partial charge < -0.3 is 5.11 Å². The Morgan fingerprint density at radius 2 is 2.08 bits per heavy atom. The van der Waals surface area contributed by atoms with Gasteiger partial charge in [-0.3, -0.25) is 0 Å². The summed E-state index contributed by atoms with van der Waals surface area (Å²) in [6, 6.07) is 4.06. The fourth-order valence-corrected chi connectivity index (χ4v) is 1.54. The predicted octanol–water partition coefficient (Wildman–Crippen LogP) is 2.46. The molecule has 1 saturated carbocycles. The molecule has 0 unspecified atom stereocenters. The summed E-state index contributed by atoms with van der Waals surface area (Å²) >= 11 is 5.79. The molecule has 12 heavy (non-hydrogen) atoms. The second-order valence-electron chi connectivity index (χ2n) is 3.16. The Balaban J connectivity index is 2.48.